The lowest BCUT2D eigenvalue weighted by atomic mass is 9.94. The molecule has 1 saturated heterocycles. The number of ketones is 1. The molecular formula is C29H36N2O5. The first kappa shape index (κ1) is 25.8. The first-order valence-electron chi connectivity index (χ1n) is 12.9. The third-order valence-corrected chi connectivity index (χ3v) is 6.96. The van der Waals surface area contributed by atoms with Crippen molar-refractivity contribution >= 4 is 17.4 Å². The summed E-state index contributed by atoms with van der Waals surface area (Å²) in [4.78, 5) is 30.5. The number of hydrogen-bond donors (Lipinski definition) is 1. The Morgan fingerprint density at radius 1 is 1.14 bits per heavy atom. The van der Waals surface area contributed by atoms with Crippen LogP contribution >= 0.6 is 0 Å². The van der Waals surface area contributed by atoms with E-state index in [4.69, 9.17) is 9.47 Å². The molecule has 36 heavy (non-hydrogen) atoms. The van der Waals surface area contributed by atoms with Crippen molar-refractivity contribution in [2.45, 2.75) is 52.7 Å². The molecule has 2 aromatic rings. The van der Waals surface area contributed by atoms with Gasteiger partial charge in [0.2, 0.25) is 0 Å². The molecule has 0 bridgehead atoms. The Morgan fingerprint density at radius 2 is 1.92 bits per heavy atom. The smallest absolute Gasteiger partial charge is 0.295 e. The third-order valence-electron chi connectivity index (χ3n) is 6.96. The molecule has 7 nitrogen and oxygen atoms in total. The van der Waals surface area contributed by atoms with E-state index in [1.807, 2.05) is 50.2 Å². The van der Waals surface area contributed by atoms with Crippen LogP contribution < -0.4 is 9.47 Å². The van der Waals surface area contributed by atoms with Crippen molar-refractivity contribution in [1.29, 1.82) is 0 Å². The second kappa shape index (κ2) is 11.2. The lowest BCUT2D eigenvalue weighted by Crippen LogP contribution is -2.33. The van der Waals surface area contributed by atoms with Gasteiger partial charge < -0.3 is 24.4 Å². The summed E-state index contributed by atoms with van der Waals surface area (Å²) in [6.07, 6.45) is 1.52. The van der Waals surface area contributed by atoms with E-state index in [-0.39, 0.29) is 17.4 Å². The summed E-state index contributed by atoms with van der Waals surface area (Å²) < 4.78 is 11.5. The van der Waals surface area contributed by atoms with E-state index in [9.17, 15) is 14.7 Å². The number of Topliss-reactive ketones (excluding diaryl/α,β-unsaturated/α-hetero) is 1. The van der Waals surface area contributed by atoms with Crippen LogP contribution in [-0.2, 0) is 16.0 Å². The normalized spacial score (nSPS) is 20.6. The highest BCUT2D eigenvalue weighted by molar-refractivity contribution is 6.46. The molecule has 2 atom stereocenters. The van der Waals surface area contributed by atoms with E-state index in [0.29, 0.717) is 24.5 Å². The van der Waals surface area contributed by atoms with E-state index in [0.717, 1.165) is 49.4 Å². The fraction of sp³-hybridized carbons (Fsp3) is 0.448. The van der Waals surface area contributed by atoms with Crippen molar-refractivity contribution in [2.75, 3.05) is 32.8 Å². The Labute approximate surface area is 213 Å². The van der Waals surface area contributed by atoms with Gasteiger partial charge in [0.05, 0.1) is 18.2 Å². The maximum absolute atomic E-state index is 13.3. The number of hydrogen-bond acceptors (Lipinski definition) is 6. The van der Waals surface area contributed by atoms with Gasteiger partial charge in [0, 0.05) is 18.5 Å². The number of rotatable bonds is 10. The van der Waals surface area contributed by atoms with Gasteiger partial charge in [0.15, 0.2) is 0 Å². The zero-order valence-corrected chi connectivity index (χ0v) is 21.6. The lowest BCUT2D eigenvalue weighted by molar-refractivity contribution is -0.140. The monoisotopic (exact) mass is 492 g/mol. The zero-order chi connectivity index (χ0) is 25.8. The third kappa shape index (κ3) is 5.12. The Hall–Kier alpha value is -3.32. The van der Waals surface area contributed by atoms with Gasteiger partial charge in [0.1, 0.15) is 23.4 Å². The van der Waals surface area contributed by atoms with Crippen molar-refractivity contribution in [3.8, 4) is 11.5 Å². The van der Waals surface area contributed by atoms with Crippen LogP contribution in [0.25, 0.3) is 5.76 Å². The van der Waals surface area contributed by atoms with E-state index in [1.165, 1.54) is 0 Å². The molecule has 0 aromatic heterocycles. The van der Waals surface area contributed by atoms with Crippen molar-refractivity contribution in [1.82, 2.24) is 9.80 Å². The molecule has 0 aliphatic carbocycles. The minimum Gasteiger partial charge on any atom is -0.507 e. The van der Waals surface area contributed by atoms with E-state index in [2.05, 4.69) is 18.7 Å². The maximum Gasteiger partial charge on any atom is 0.295 e. The predicted octanol–water partition coefficient (Wildman–Crippen LogP) is 4.56. The quantitative estimate of drug-likeness (QED) is 0.298. The molecule has 1 N–H and O–H groups in total. The molecule has 7 heteroatoms. The Kier molecular flexibility index (Phi) is 7.99. The molecule has 0 radical (unpaired) electrons. The number of likely N-dealkylation sites (tertiary alicyclic amines) is 1. The molecule has 0 spiro atoms. The average molecular weight is 493 g/mol. The minimum absolute atomic E-state index is 0.0649. The summed E-state index contributed by atoms with van der Waals surface area (Å²) in [5.41, 5.74) is 2.35. The average Bonchev–Trinajstić information content (AvgIpc) is 3.37. The van der Waals surface area contributed by atoms with Gasteiger partial charge in [-0.15, -0.1) is 0 Å². The second-order valence-corrected chi connectivity index (χ2v) is 9.33. The van der Waals surface area contributed by atoms with Gasteiger partial charge in [-0.2, -0.15) is 0 Å². The molecule has 4 rings (SSSR count). The largest absolute Gasteiger partial charge is 0.507 e. The van der Waals surface area contributed by atoms with E-state index >= 15 is 0 Å². The van der Waals surface area contributed by atoms with Crippen LogP contribution in [0.4, 0.5) is 0 Å². The van der Waals surface area contributed by atoms with Crippen molar-refractivity contribution < 1.29 is 24.2 Å². The summed E-state index contributed by atoms with van der Waals surface area (Å²) in [5.74, 6) is 0.0475. The second-order valence-electron chi connectivity index (χ2n) is 9.33. The Morgan fingerprint density at radius 3 is 2.64 bits per heavy atom. The predicted molar refractivity (Wildman–Crippen MR) is 139 cm³/mol. The van der Waals surface area contributed by atoms with Crippen LogP contribution in [0, 0.1) is 0 Å². The van der Waals surface area contributed by atoms with Crippen LogP contribution in [0.3, 0.4) is 0 Å². The summed E-state index contributed by atoms with van der Waals surface area (Å²) in [6.45, 7) is 11.7. The van der Waals surface area contributed by atoms with Gasteiger partial charge in [-0.3, -0.25) is 9.59 Å². The van der Waals surface area contributed by atoms with Gasteiger partial charge in [0.25, 0.3) is 11.7 Å². The first-order chi connectivity index (χ1) is 17.4. The van der Waals surface area contributed by atoms with Crippen molar-refractivity contribution in [3.05, 3.63) is 64.7 Å². The number of carbonyl (C=O) groups excluding carboxylic acids is 2. The maximum atomic E-state index is 13.3. The van der Waals surface area contributed by atoms with Crippen LogP contribution in [0.5, 0.6) is 11.5 Å². The molecular weight excluding hydrogens is 456 g/mol. The molecule has 1 fully saturated rings. The molecule has 0 saturated carbocycles. The van der Waals surface area contributed by atoms with Crippen LogP contribution in [0.2, 0.25) is 0 Å². The van der Waals surface area contributed by atoms with E-state index in [1.54, 1.807) is 11.0 Å². The minimum atomic E-state index is -0.689. The number of carbonyl (C=O) groups is 2. The molecule has 192 valence electrons. The Balaban J connectivity index is 1.75. The summed E-state index contributed by atoms with van der Waals surface area (Å²) in [7, 11) is 0. The highest BCUT2D eigenvalue weighted by Gasteiger charge is 2.46. The summed E-state index contributed by atoms with van der Waals surface area (Å²) in [5, 5.41) is 11.4. The zero-order valence-electron chi connectivity index (χ0n) is 21.6. The highest BCUT2D eigenvalue weighted by Crippen LogP contribution is 2.41. The fourth-order valence-electron chi connectivity index (χ4n) is 5.13. The van der Waals surface area contributed by atoms with Crippen LogP contribution in [0.15, 0.2) is 48.0 Å². The standard InChI is InChI=1S/C29H36N2O5/c1-5-30(6-2)14-9-15-31-26(20-10-8-11-23(18-20)35-7-3)25(28(33)29(31)34)27(32)21-12-13-24-22(17-21)16-19(4)36-24/h8,10-13,17-19,26,32H,5-7,9,14-16H2,1-4H3/b27-25+/t19-,26+/m1/s1. The molecule has 1 amide bonds. The number of ether oxygens (including phenoxy) is 2. The first-order valence-corrected chi connectivity index (χ1v) is 12.9. The van der Waals surface area contributed by atoms with Crippen LogP contribution in [0.1, 0.15) is 56.8 Å². The van der Waals surface area contributed by atoms with E-state index < -0.39 is 17.7 Å². The molecule has 2 heterocycles. The number of amides is 1. The number of aliphatic hydroxyl groups is 1. The van der Waals surface area contributed by atoms with Gasteiger partial charge in [-0.05, 0) is 81.4 Å². The number of fused-ring (bicyclic) bond motifs is 1. The SMILES string of the molecule is CCOc1cccc([C@H]2/C(=C(\O)c3ccc4c(c3)C[C@@H](C)O4)C(=O)C(=O)N2CCCN(CC)CC)c1. The van der Waals surface area contributed by atoms with Crippen molar-refractivity contribution in [2.24, 2.45) is 0 Å². The van der Waals surface area contributed by atoms with Gasteiger partial charge in [-0.1, -0.05) is 26.0 Å². The molecule has 2 aliphatic heterocycles. The molecule has 2 aromatic carbocycles. The van der Waals surface area contributed by atoms with Crippen LogP contribution in [-0.4, -0.2) is 65.5 Å². The fourth-order valence-corrected chi connectivity index (χ4v) is 5.13. The summed E-state index contributed by atoms with van der Waals surface area (Å²) in [6, 6.07) is 12.2. The molecule has 0 unspecified atom stereocenters. The lowest BCUT2D eigenvalue weighted by Gasteiger charge is -2.27. The number of aliphatic hydroxyl groups excluding tert-OH is 1. The number of nitrogens with zero attached hydrogens (tertiary/aromatic N) is 2. The number of benzene rings is 2. The summed E-state index contributed by atoms with van der Waals surface area (Å²) >= 11 is 0. The van der Waals surface area contributed by atoms with Gasteiger partial charge >= 0.3 is 0 Å². The van der Waals surface area contributed by atoms with Crippen molar-refractivity contribution in [3.63, 3.8) is 0 Å². The van der Waals surface area contributed by atoms with Gasteiger partial charge in [-0.25, -0.2) is 0 Å². The topological polar surface area (TPSA) is 79.3 Å². The highest BCUT2D eigenvalue weighted by atomic mass is 16.5. The molecule has 2 aliphatic rings. The Bertz CT molecular complexity index is 1150.